The summed E-state index contributed by atoms with van der Waals surface area (Å²) in [6.07, 6.45) is 4.48. The molecule has 1 aliphatic heterocycles. The Labute approximate surface area is 116 Å². The molecule has 1 aliphatic rings. The van der Waals surface area contributed by atoms with E-state index in [1.54, 1.807) is 0 Å². The Bertz CT molecular complexity index is 413. The molecule has 3 heteroatoms. The number of hydrogen-bond acceptors (Lipinski definition) is 2. The van der Waals surface area contributed by atoms with Gasteiger partial charge in [-0.3, -0.25) is 4.79 Å². The molecule has 0 aromatic heterocycles. The summed E-state index contributed by atoms with van der Waals surface area (Å²) in [5.41, 5.74) is 2.13. The van der Waals surface area contributed by atoms with E-state index in [2.05, 4.69) is 24.4 Å². The highest BCUT2D eigenvalue weighted by molar-refractivity contribution is 5.94. The van der Waals surface area contributed by atoms with Crippen LogP contribution in [-0.4, -0.2) is 37.0 Å². The fraction of sp³-hybridized carbons (Fsp3) is 0.562. The van der Waals surface area contributed by atoms with E-state index in [9.17, 15) is 4.79 Å². The molecule has 1 saturated heterocycles. The molecule has 1 amide bonds. The largest absolute Gasteiger partial charge is 0.337 e. The zero-order chi connectivity index (χ0) is 13.7. The Morgan fingerprint density at radius 3 is 2.74 bits per heavy atom. The van der Waals surface area contributed by atoms with Crippen molar-refractivity contribution in [2.45, 2.75) is 38.6 Å². The van der Waals surface area contributed by atoms with Gasteiger partial charge in [0, 0.05) is 24.7 Å². The molecule has 1 heterocycles. The first-order chi connectivity index (χ1) is 9.24. The molecule has 0 saturated carbocycles. The highest BCUT2D eigenvalue weighted by Gasteiger charge is 2.23. The molecule has 1 N–H and O–H groups in total. The zero-order valence-corrected chi connectivity index (χ0v) is 12.0. The molecular weight excluding hydrogens is 236 g/mol. The van der Waals surface area contributed by atoms with Crippen molar-refractivity contribution >= 4 is 5.91 Å². The van der Waals surface area contributed by atoms with Gasteiger partial charge in [-0.25, -0.2) is 0 Å². The maximum absolute atomic E-state index is 12.4. The van der Waals surface area contributed by atoms with Gasteiger partial charge in [0.15, 0.2) is 0 Å². The second-order valence-corrected chi connectivity index (χ2v) is 5.33. The number of nitrogens with one attached hydrogen (secondary N) is 1. The van der Waals surface area contributed by atoms with Gasteiger partial charge in [-0.1, -0.05) is 25.5 Å². The average Bonchev–Trinajstić information content (AvgIpc) is 2.48. The minimum Gasteiger partial charge on any atom is -0.337 e. The van der Waals surface area contributed by atoms with Crippen LogP contribution in [0.25, 0.3) is 0 Å². The van der Waals surface area contributed by atoms with Gasteiger partial charge in [0.2, 0.25) is 0 Å². The maximum Gasteiger partial charge on any atom is 0.253 e. The van der Waals surface area contributed by atoms with Crippen LogP contribution in [0, 0.1) is 0 Å². The molecule has 1 aromatic rings. The highest BCUT2D eigenvalue weighted by Crippen LogP contribution is 2.14. The van der Waals surface area contributed by atoms with Crippen LogP contribution in [-0.2, 0) is 6.42 Å². The first-order valence-corrected chi connectivity index (χ1v) is 7.30. The molecule has 1 aromatic carbocycles. The Kier molecular flexibility index (Phi) is 4.97. The van der Waals surface area contributed by atoms with Crippen LogP contribution in [0.2, 0.25) is 0 Å². The normalized spacial score (nSPS) is 19.5. The molecule has 0 spiro atoms. The molecule has 2 rings (SSSR count). The van der Waals surface area contributed by atoms with Crippen LogP contribution in [0.5, 0.6) is 0 Å². The summed E-state index contributed by atoms with van der Waals surface area (Å²) >= 11 is 0. The number of piperidine rings is 1. The third kappa shape index (κ3) is 3.57. The highest BCUT2D eigenvalue weighted by atomic mass is 16.2. The second kappa shape index (κ2) is 6.71. The van der Waals surface area contributed by atoms with Crippen molar-refractivity contribution in [1.82, 2.24) is 10.2 Å². The number of amides is 1. The Hall–Kier alpha value is -1.35. The second-order valence-electron chi connectivity index (χ2n) is 5.33. The van der Waals surface area contributed by atoms with Crippen LogP contribution < -0.4 is 5.32 Å². The lowest BCUT2D eigenvalue weighted by molar-refractivity contribution is 0.0698. The van der Waals surface area contributed by atoms with E-state index < -0.39 is 0 Å². The van der Waals surface area contributed by atoms with E-state index in [0.717, 1.165) is 44.3 Å². The number of carbonyl (C=O) groups excluding carboxylic acids is 1. The molecule has 0 radical (unpaired) electrons. The van der Waals surface area contributed by atoms with Crippen LogP contribution in [0.3, 0.4) is 0 Å². The Morgan fingerprint density at radius 2 is 2.11 bits per heavy atom. The molecule has 0 bridgehead atoms. The standard InChI is InChI=1S/C16H24N2O/c1-3-5-13-7-9-14(10-8-13)16(19)18-11-4-6-15(12-18)17-2/h7-10,15,17H,3-6,11-12H2,1-2H3. The topological polar surface area (TPSA) is 32.3 Å². The fourth-order valence-electron chi connectivity index (χ4n) is 2.68. The molecule has 19 heavy (non-hydrogen) atoms. The smallest absolute Gasteiger partial charge is 0.253 e. The SMILES string of the molecule is CCCc1ccc(C(=O)N2CCCC(NC)C2)cc1. The summed E-state index contributed by atoms with van der Waals surface area (Å²) in [7, 11) is 1.97. The molecular formula is C16H24N2O. The fourth-order valence-corrected chi connectivity index (χ4v) is 2.68. The van der Waals surface area contributed by atoms with E-state index in [0.29, 0.717) is 6.04 Å². The summed E-state index contributed by atoms with van der Waals surface area (Å²) < 4.78 is 0. The van der Waals surface area contributed by atoms with Gasteiger partial charge in [-0.05, 0) is 44.0 Å². The van der Waals surface area contributed by atoms with Crippen LogP contribution in [0.1, 0.15) is 42.1 Å². The van der Waals surface area contributed by atoms with Crippen molar-refractivity contribution in [3.63, 3.8) is 0 Å². The monoisotopic (exact) mass is 260 g/mol. The lowest BCUT2D eigenvalue weighted by Gasteiger charge is -2.32. The van der Waals surface area contributed by atoms with Gasteiger partial charge in [0.25, 0.3) is 5.91 Å². The summed E-state index contributed by atoms with van der Waals surface area (Å²) in [4.78, 5) is 14.4. The van der Waals surface area contributed by atoms with Gasteiger partial charge < -0.3 is 10.2 Å². The minimum absolute atomic E-state index is 0.169. The summed E-state index contributed by atoms with van der Waals surface area (Å²) in [5.74, 6) is 0.169. The zero-order valence-electron chi connectivity index (χ0n) is 12.0. The van der Waals surface area contributed by atoms with Crippen molar-refractivity contribution in [1.29, 1.82) is 0 Å². The molecule has 1 fully saturated rings. The number of nitrogens with zero attached hydrogens (tertiary/aromatic N) is 1. The van der Waals surface area contributed by atoms with Gasteiger partial charge in [0.1, 0.15) is 0 Å². The number of benzene rings is 1. The number of carbonyl (C=O) groups is 1. The third-order valence-electron chi connectivity index (χ3n) is 3.86. The summed E-state index contributed by atoms with van der Waals surface area (Å²) in [6, 6.07) is 8.54. The predicted molar refractivity (Wildman–Crippen MR) is 78.4 cm³/mol. The first-order valence-electron chi connectivity index (χ1n) is 7.30. The summed E-state index contributed by atoms with van der Waals surface area (Å²) in [6.45, 7) is 3.88. The molecule has 104 valence electrons. The maximum atomic E-state index is 12.4. The van der Waals surface area contributed by atoms with Crippen LogP contribution in [0.15, 0.2) is 24.3 Å². The van der Waals surface area contributed by atoms with Crippen molar-refractivity contribution in [3.8, 4) is 0 Å². The first kappa shape index (κ1) is 14.1. The van der Waals surface area contributed by atoms with Gasteiger partial charge in [-0.15, -0.1) is 0 Å². The van der Waals surface area contributed by atoms with E-state index in [-0.39, 0.29) is 5.91 Å². The van der Waals surface area contributed by atoms with E-state index >= 15 is 0 Å². The van der Waals surface area contributed by atoms with E-state index in [1.807, 2.05) is 24.1 Å². The van der Waals surface area contributed by atoms with Crippen LogP contribution >= 0.6 is 0 Å². The Balaban J connectivity index is 2.02. The molecule has 0 aliphatic carbocycles. The number of likely N-dealkylation sites (tertiary alicyclic amines) is 1. The quantitative estimate of drug-likeness (QED) is 0.902. The van der Waals surface area contributed by atoms with Crippen molar-refractivity contribution in [2.24, 2.45) is 0 Å². The number of aryl methyl sites for hydroxylation is 1. The number of hydrogen-bond donors (Lipinski definition) is 1. The molecule has 3 nitrogen and oxygen atoms in total. The number of rotatable bonds is 4. The van der Waals surface area contributed by atoms with E-state index in [1.165, 1.54) is 5.56 Å². The predicted octanol–water partition coefficient (Wildman–Crippen LogP) is 2.46. The lowest BCUT2D eigenvalue weighted by atomic mass is 10.0. The average molecular weight is 260 g/mol. The van der Waals surface area contributed by atoms with Gasteiger partial charge >= 0.3 is 0 Å². The minimum atomic E-state index is 0.169. The van der Waals surface area contributed by atoms with Crippen molar-refractivity contribution in [2.75, 3.05) is 20.1 Å². The molecule has 1 unspecified atom stereocenters. The van der Waals surface area contributed by atoms with Gasteiger partial charge in [0.05, 0.1) is 0 Å². The molecule has 1 atom stereocenters. The third-order valence-corrected chi connectivity index (χ3v) is 3.86. The van der Waals surface area contributed by atoms with Crippen LogP contribution in [0.4, 0.5) is 0 Å². The van der Waals surface area contributed by atoms with E-state index in [4.69, 9.17) is 0 Å². The Morgan fingerprint density at radius 1 is 1.37 bits per heavy atom. The van der Waals surface area contributed by atoms with Gasteiger partial charge in [-0.2, -0.15) is 0 Å². The van der Waals surface area contributed by atoms with Crippen molar-refractivity contribution < 1.29 is 4.79 Å². The lowest BCUT2D eigenvalue weighted by Crippen LogP contribution is -2.46. The summed E-state index contributed by atoms with van der Waals surface area (Å²) in [5, 5.41) is 3.27. The number of likely N-dealkylation sites (N-methyl/N-ethyl adjacent to an activating group) is 1. The van der Waals surface area contributed by atoms with Crippen molar-refractivity contribution in [3.05, 3.63) is 35.4 Å².